The Bertz CT molecular complexity index is 750. The van der Waals surface area contributed by atoms with Crippen LogP contribution in [0.25, 0.3) is 0 Å². The smallest absolute Gasteiger partial charge is 0.242 e. The molecule has 0 saturated carbocycles. The molecule has 1 aliphatic heterocycles. The Morgan fingerprint density at radius 3 is 2.57 bits per heavy atom. The molecule has 0 radical (unpaired) electrons. The monoisotopic (exact) mass is 308 g/mol. The summed E-state index contributed by atoms with van der Waals surface area (Å²) in [5.74, 6) is 0.159. The molecule has 0 aromatic heterocycles. The quantitative estimate of drug-likeness (QED) is 0.938. The summed E-state index contributed by atoms with van der Waals surface area (Å²) in [5, 5.41) is 16.2. The van der Waals surface area contributed by atoms with E-state index in [2.05, 4.69) is 5.10 Å². The summed E-state index contributed by atoms with van der Waals surface area (Å²) in [6.45, 7) is 3.86. The lowest BCUT2D eigenvalue weighted by Crippen LogP contribution is -2.26. The SMILES string of the molecule is CCC(=O)N1N=C(c2ccc(C)cc2)C[C@@H]1c1ccccc1O. The molecule has 0 spiro atoms. The number of phenols is 1. The van der Waals surface area contributed by atoms with E-state index < -0.39 is 0 Å². The number of benzene rings is 2. The lowest BCUT2D eigenvalue weighted by atomic mass is 9.97. The Morgan fingerprint density at radius 2 is 1.91 bits per heavy atom. The highest BCUT2D eigenvalue weighted by atomic mass is 16.3. The number of carbonyl (C=O) groups is 1. The average molecular weight is 308 g/mol. The van der Waals surface area contributed by atoms with Gasteiger partial charge in [-0.15, -0.1) is 0 Å². The van der Waals surface area contributed by atoms with Crippen LogP contribution in [0.5, 0.6) is 5.75 Å². The molecule has 0 fully saturated rings. The Hall–Kier alpha value is -2.62. The minimum Gasteiger partial charge on any atom is -0.508 e. The molecule has 2 aromatic rings. The largest absolute Gasteiger partial charge is 0.508 e. The lowest BCUT2D eigenvalue weighted by molar-refractivity contribution is -0.132. The molecule has 1 heterocycles. The van der Waals surface area contributed by atoms with Crippen LogP contribution in [0.2, 0.25) is 0 Å². The van der Waals surface area contributed by atoms with Crippen molar-refractivity contribution < 1.29 is 9.90 Å². The fourth-order valence-corrected chi connectivity index (χ4v) is 2.83. The highest BCUT2D eigenvalue weighted by Gasteiger charge is 2.33. The lowest BCUT2D eigenvalue weighted by Gasteiger charge is -2.22. The van der Waals surface area contributed by atoms with E-state index in [0.29, 0.717) is 12.8 Å². The zero-order valence-electron chi connectivity index (χ0n) is 13.4. The van der Waals surface area contributed by atoms with E-state index in [1.165, 1.54) is 10.6 Å². The molecule has 1 amide bonds. The van der Waals surface area contributed by atoms with Crippen LogP contribution in [0.1, 0.15) is 42.5 Å². The highest BCUT2D eigenvalue weighted by molar-refractivity contribution is 6.03. The van der Waals surface area contributed by atoms with Crippen molar-refractivity contribution in [3.05, 3.63) is 65.2 Å². The van der Waals surface area contributed by atoms with Gasteiger partial charge in [0, 0.05) is 18.4 Å². The van der Waals surface area contributed by atoms with Crippen molar-refractivity contribution >= 4 is 11.6 Å². The number of aryl methyl sites for hydroxylation is 1. The molecule has 1 aliphatic rings. The van der Waals surface area contributed by atoms with Crippen LogP contribution in [0.15, 0.2) is 53.6 Å². The molecular formula is C19H20N2O2. The first-order valence-electron chi connectivity index (χ1n) is 7.84. The standard InChI is InChI=1S/C19H20N2O2/c1-3-19(23)21-17(15-6-4-5-7-18(15)22)12-16(20-21)14-10-8-13(2)9-11-14/h4-11,17,22H,3,12H2,1-2H3/t17-/m1/s1. The first-order chi connectivity index (χ1) is 11.1. The predicted molar refractivity (Wildman–Crippen MR) is 90.3 cm³/mol. The third-order valence-corrected chi connectivity index (χ3v) is 4.15. The van der Waals surface area contributed by atoms with Gasteiger partial charge in [0.1, 0.15) is 5.75 Å². The molecule has 3 rings (SSSR count). The van der Waals surface area contributed by atoms with Gasteiger partial charge in [0.25, 0.3) is 0 Å². The fourth-order valence-electron chi connectivity index (χ4n) is 2.83. The fraction of sp³-hybridized carbons (Fsp3) is 0.263. The zero-order chi connectivity index (χ0) is 16.4. The number of carbonyl (C=O) groups excluding carboxylic acids is 1. The number of hydrazone groups is 1. The number of hydrogen-bond acceptors (Lipinski definition) is 3. The van der Waals surface area contributed by atoms with Crippen LogP contribution in [0.4, 0.5) is 0 Å². The van der Waals surface area contributed by atoms with E-state index in [9.17, 15) is 9.90 Å². The first-order valence-corrected chi connectivity index (χ1v) is 7.84. The van der Waals surface area contributed by atoms with Crippen LogP contribution in [-0.4, -0.2) is 21.7 Å². The number of aromatic hydroxyl groups is 1. The Labute approximate surface area is 136 Å². The predicted octanol–water partition coefficient (Wildman–Crippen LogP) is 3.79. The van der Waals surface area contributed by atoms with E-state index in [0.717, 1.165) is 16.8 Å². The third kappa shape index (κ3) is 2.97. The van der Waals surface area contributed by atoms with Crippen molar-refractivity contribution in [1.29, 1.82) is 0 Å². The summed E-state index contributed by atoms with van der Waals surface area (Å²) in [6, 6.07) is 15.0. The van der Waals surface area contributed by atoms with E-state index >= 15 is 0 Å². The Balaban J connectivity index is 1.97. The molecule has 1 atom stereocenters. The minimum atomic E-state index is -0.250. The number of phenolic OH excluding ortho intramolecular Hbond substituents is 1. The van der Waals surface area contributed by atoms with Crippen LogP contribution >= 0.6 is 0 Å². The van der Waals surface area contributed by atoms with Gasteiger partial charge in [0.05, 0.1) is 11.8 Å². The Morgan fingerprint density at radius 1 is 1.22 bits per heavy atom. The van der Waals surface area contributed by atoms with Gasteiger partial charge in [0.2, 0.25) is 5.91 Å². The summed E-state index contributed by atoms with van der Waals surface area (Å²) in [6.07, 6.45) is 0.987. The summed E-state index contributed by atoms with van der Waals surface area (Å²) >= 11 is 0. The van der Waals surface area contributed by atoms with Gasteiger partial charge in [-0.2, -0.15) is 5.10 Å². The maximum absolute atomic E-state index is 12.3. The van der Waals surface area contributed by atoms with Crippen molar-refractivity contribution in [2.24, 2.45) is 5.10 Å². The molecule has 118 valence electrons. The number of para-hydroxylation sites is 1. The average Bonchev–Trinajstić information content (AvgIpc) is 3.00. The van der Waals surface area contributed by atoms with Gasteiger partial charge in [-0.1, -0.05) is 55.0 Å². The van der Waals surface area contributed by atoms with Gasteiger partial charge < -0.3 is 5.11 Å². The normalized spacial score (nSPS) is 17.2. The molecule has 0 saturated heterocycles. The van der Waals surface area contributed by atoms with Crippen molar-refractivity contribution in [1.82, 2.24) is 5.01 Å². The second-order valence-corrected chi connectivity index (χ2v) is 5.78. The molecule has 4 nitrogen and oxygen atoms in total. The summed E-state index contributed by atoms with van der Waals surface area (Å²) in [7, 11) is 0. The van der Waals surface area contributed by atoms with Crippen molar-refractivity contribution in [2.45, 2.75) is 32.7 Å². The van der Waals surface area contributed by atoms with Gasteiger partial charge >= 0.3 is 0 Å². The zero-order valence-corrected chi connectivity index (χ0v) is 13.4. The third-order valence-electron chi connectivity index (χ3n) is 4.15. The first kappa shape index (κ1) is 15.3. The van der Waals surface area contributed by atoms with Crippen molar-refractivity contribution in [3.8, 4) is 5.75 Å². The number of hydrogen-bond donors (Lipinski definition) is 1. The summed E-state index contributed by atoms with van der Waals surface area (Å²) in [4.78, 5) is 12.3. The number of amides is 1. The second kappa shape index (κ2) is 6.24. The van der Waals surface area contributed by atoms with E-state index in [1.807, 2.05) is 50.2 Å². The molecule has 0 bridgehead atoms. The molecule has 0 aliphatic carbocycles. The van der Waals surface area contributed by atoms with Crippen LogP contribution < -0.4 is 0 Å². The van der Waals surface area contributed by atoms with Gasteiger partial charge in [-0.25, -0.2) is 5.01 Å². The molecule has 1 N–H and O–H groups in total. The van der Waals surface area contributed by atoms with E-state index in [1.54, 1.807) is 12.1 Å². The highest BCUT2D eigenvalue weighted by Crippen LogP contribution is 2.37. The molecule has 2 aromatic carbocycles. The van der Waals surface area contributed by atoms with Crippen LogP contribution in [0, 0.1) is 6.92 Å². The maximum atomic E-state index is 12.3. The van der Waals surface area contributed by atoms with Gasteiger partial charge in [-0.3, -0.25) is 4.79 Å². The minimum absolute atomic E-state index is 0.0413. The van der Waals surface area contributed by atoms with E-state index in [4.69, 9.17) is 0 Å². The topological polar surface area (TPSA) is 52.9 Å². The molecule has 23 heavy (non-hydrogen) atoms. The number of nitrogens with zero attached hydrogens (tertiary/aromatic N) is 2. The van der Waals surface area contributed by atoms with Crippen molar-refractivity contribution in [3.63, 3.8) is 0 Å². The maximum Gasteiger partial charge on any atom is 0.242 e. The summed E-state index contributed by atoms with van der Waals surface area (Å²) in [5.41, 5.74) is 3.81. The van der Waals surface area contributed by atoms with Crippen LogP contribution in [-0.2, 0) is 4.79 Å². The van der Waals surface area contributed by atoms with Gasteiger partial charge in [-0.05, 0) is 18.6 Å². The van der Waals surface area contributed by atoms with Gasteiger partial charge in [0.15, 0.2) is 0 Å². The molecule has 4 heteroatoms. The van der Waals surface area contributed by atoms with Crippen LogP contribution in [0.3, 0.4) is 0 Å². The molecular weight excluding hydrogens is 288 g/mol. The van der Waals surface area contributed by atoms with Crippen molar-refractivity contribution in [2.75, 3.05) is 0 Å². The summed E-state index contributed by atoms with van der Waals surface area (Å²) < 4.78 is 0. The van der Waals surface area contributed by atoms with E-state index in [-0.39, 0.29) is 17.7 Å². The second-order valence-electron chi connectivity index (χ2n) is 5.78. The number of rotatable bonds is 3. The Kier molecular flexibility index (Phi) is 4.15. The molecule has 0 unspecified atom stereocenters.